The van der Waals surface area contributed by atoms with Crippen molar-refractivity contribution in [2.75, 3.05) is 0 Å². The van der Waals surface area contributed by atoms with Gasteiger partial charge >= 0.3 is 0 Å². The van der Waals surface area contributed by atoms with Crippen LogP contribution in [0.25, 0.3) is 159 Å². The molecule has 13 aromatic carbocycles. The maximum atomic E-state index is 12.1. The Morgan fingerprint density at radius 3 is 0.989 bits per heavy atom. The predicted octanol–water partition coefficient (Wildman–Crippen LogP) is 23.0. The third kappa shape index (κ3) is 9.00. The van der Waals surface area contributed by atoms with Crippen LogP contribution in [0.15, 0.2) is 315 Å². The highest BCUT2D eigenvalue weighted by molar-refractivity contribution is 7.25. The zero-order valence-electron chi connectivity index (χ0n) is 48.7. The lowest BCUT2D eigenvalue weighted by molar-refractivity contribution is 1.09. The van der Waals surface area contributed by atoms with Crippen LogP contribution in [0.4, 0.5) is 0 Å². The molecule has 5 heteroatoms. The summed E-state index contributed by atoms with van der Waals surface area (Å²) in [7, 11) is 0. The van der Waals surface area contributed by atoms with E-state index in [1.165, 1.54) is 20.2 Å². The number of thiophene rings is 1. The van der Waals surface area contributed by atoms with Crippen LogP contribution < -0.4 is 0 Å². The van der Waals surface area contributed by atoms with Gasteiger partial charge in [0, 0.05) is 69.9 Å². The van der Waals surface area contributed by atoms with E-state index in [9.17, 15) is 10.5 Å². The molecule has 418 valence electrons. The van der Waals surface area contributed by atoms with Gasteiger partial charge in [0.25, 0.3) is 0 Å². The minimum atomic E-state index is 0.560. The molecule has 0 aliphatic carbocycles. The minimum absolute atomic E-state index is 0.560. The molecule has 4 nitrogen and oxygen atoms in total. The monoisotopic (exact) mass is 1160 g/mol. The van der Waals surface area contributed by atoms with Crippen molar-refractivity contribution < 1.29 is 0 Å². The first-order valence-electron chi connectivity index (χ1n) is 30.2. The minimum Gasteiger partial charge on any atom is -0.294 e. The maximum Gasteiger partial charge on any atom is 0.138 e. The molecule has 0 saturated heterocycles. The number of aromatic nitrogens is 2. The third-order valence-corrected chi connectivity index (χ3v) is 18.6. The molecule has 0 atom stereocenters. The molecule has 0 radical (unpaired) electrons. The highest BCUT2D eigenvalue weighted by atomic mass is 32.1. The van der Waals surface area contributed by atoms with E-state index in [-0.39, 0.29) is 0 Å². The molecule has 0 unspecified atom stereocenters. The number of nitriles is 2. The molecular formula is C85H52N4S. The summed E-state index contributed by atoms with van der Waals surface area (Å²) in [5, 5.41) is 28.8. The van der Waals surface area contributed by atoms with Gasteiger partial charge in [-0.15, -0.1) is 11.3 Å². The molecule has 90 heavy (non-hydrogen) atoms. The van der Waals surface area contributed by atoms with Crippen LogP contribution in [0.1, 0.15) is 11.1 Å². The van der Waals surface area contributed by atoms with E-state index in [0.29, 0.717) is 22.6 Å². The molecule has 0 N–H and O–H groups in total. The summed E-state index contributed by atoms with van der Waals surface area (Å²) in [6.45, 7) is 0. The van der Waals surface area contributed by atoms with Gasteiger partial charge < -0.3 is 0 Å². The van der Waals surface area contributed by atoms with Gasteiger partial charge in [0.15, 0.2) is 0 Å². The Hall–Kier alpha value is -12.0. The lowest BCUT2D eigenvalue weighted by atomic mass is 9.75. The number of nitrogens with zero attached hydrogens (tertiary/aromatic N) is 4. The number of hydrogen-bond donors (Lipinski definition) is 0. The molecule has 0 amide bonds. The van der Waals surface area contributed by atoms with E-state index in [1.54, 1.807) is 0 Å². The summed E-state index contributed by atoms with van der Waals surface area (Å²) in [6, 6.07) is 116. The standard InChI is InChI=1S/C85H52N4S/c86-53-68-76(55-29-9-1-10-30-55)80(59-37-17-5-18-38-59)84(81(60-39-19-6-20-40-60)77(68)56-31-11-2-12-32-56)63-49-70(88-75(50-63)89-71-47-27-25-45-64(71)66-52-74-67(51-72(66)89)65-46-26-28-48-73(65)90-74)85-82(61-41-21-7-22-42-61)78(57-33-13-3-14-34-57)69(54-87)79(58-35-15-4-16-36-58)83(85)62-43-23-8-24-44-62/h1-52H. The van der Waals surface area contributed by atoms with Crippen molar-refractivity contribution >= 4 is 53.3 Å². The SMILES string of the molecule is N#Cc1c(-c2ccccc2)c(-c2ccccc2)c(-c2cc(-c3c(-c4ccccc4)c(-c4ccccc4)c(C#N)c(-c4ccccc4)c3-c3ccccc3)nc(-n3c4ccccc4c4cc5sc6ccccc6c5cc43)c2)c(-c2ccccc2)c1-c1ccccc1. The van der Waals surface area contributed by atoms with Gasteiger partial charge in [-0.2, -0.15) is 10.5 Å². The number of hydrogen-bond acceptors (Lipinski definition) is 4. The fourth-order valence-corrected chi connectivity index (χ4v) is 14.9. The molecule has 0 spiro atoms. The number of benzene rings is 13. The molecule has 0 aliphatic heterocycles. The summed E-state index contributed by atoms with van der Waals surface area (Å²) < 4.78 is 4.82. The van der Waals surface area contributed by atoms with Crippen molar-refractivity contribution in [2.45, 2.75) is 0 Å². The Morgan fingerprint density at radius 1 is 0.256 bits per heavy atom. The smallest absolute Gasteiger partial charge is 0.138 e. The van der Waals surface area contributed by atoms with Crippen LogP contribution in [-0.2, 0) is 0 Å². The van der Waals surface area contributed by atoms with Crippen LogP contribution in [0.2, 0.25) is 0 Å². The van der Waals surface area contributed by atoms with Crippen LogP contribution in [-0.4, -0.2) is 9.55 Å². The van der Waals surface area contributed by atoms with E-state index >= 15 is 0 Å². The Morgan fingerprint density at radius 2 is 0.589 bits per heavy atom. The Bertz CT molecular complexity index is 5040. The highest BCUT2D eigenvalue weighted by Gasteiger charge is 2.33. The fraction of sp³-hybridized carbons (Fsp3) is 0. The van der Waals surface area contributed by atoms with Crippen LogP contribution >= 0.6 is 11.3 Å². The molecule has 0 saturated carbocycles. The summed E-state index contributed by atoms with van der Waals surface area (Å²) >= 11 is 1.82. The molecular weight excluding hydrogens is 1110 g/mol. The molecule has 3 aromatic heterocycles. The number of pyridine rings is 1. The van der Waals surface area contributed by atoms with Gasteiger partial charge in [0.1, 0.15) is 18.0 Å². The summed E-state index contributed by atoms with van der Waals surface area (Å²) in [5.41, 5.74) is 20.8. The number of fused-ring (bicyclic) bond motifs is 6. The molecule has 0 fully saturated rings. The van der Waals surface area contributed by atoms with Crippen molar-refractivity contribution in [3.8, 4) is 129 Å². The fourth-order valence-electron chi connectivity index (χ4n) is 13.8. The normalized spacial score (nSPS) is 11.3. The quantitative estimate of drug-likeness (QED) is 0.130. The molecule has 16 rings (SSSR count). The number of para-hydroxylation sites is 1. The van der Waals surface area contributed by atoms with E-state index in [0.717, 1.165) is 128 Å². The second-order valence-corrected chi connectivity index (χ2v) is 23.7. The molecule has 0 bridgehead atoms. The van der Waals surface area contributed by atoms with Crippen molar-refractivity contribution in [3.05, 3.63) is 327 Å². The van der Waals surface area contributed by atoms with Gasteiger partial charge in [-0.05, 0) is 103 Å². The average molecular weight is 1160 g/mol. The van der Waals surface area contributed by atoms with Gasteiger partial charge in [-0.25, -0.2) is 4.98 Å². The largest absolute Gasteiger partial charge is 0.294 e. The average Bonchev–Trinajstić information content (AvgIpc) is 1.04. The van der Waals surface area contributed by atoms with Crippen LogP contribution in [0.3, 0.4) is 0 Å². The topological polar surface area (TPSA) is 65.4 Å². The summed E-state index contributed by atoms with van der Waals surface area (Å²) in [6.07, 6.45) is 0. The first-order valence-corrected chi connectivity index (χ1v) is 31.0. The zero-order chi connectivity index (χ0) is 60.1. The first-order chi connectivity index (χ1) is 44.6. The number of rotatable bonds is 11. The molecule has 3 heterocycles. The predicted molar refractivity (Wildman–Crippen MR) is 375 cm³/mol. The van der Waals surface area contributed by atoms with Gasteiger partial charge in [0.05, 0.1) is 27.9 Å². The van der Waals surface area contributed by atoms with Crippen molar-refractivity contribution in [3.63, 3.8) is 0 Å². The first kappa shape index (κ1) is 53.5. The van der Waals surface area contributed by atoms with Gasteiger partial charge in [-0.3, -0.25) is 4.57 Å². The second kappa shape index (κ2) is 22.7. The summed E-state index contributed by atoms with van der Waals surface area (Å²) in [4.78, 5) is 6.23. The highest BCUT2D eigenvalue weighted by Crippen LogP contribution is 2.57. The van der Waals surface area contributed by atoms with Gasteiger partial charge in [0.2, 0.25) is 0 Å². The molecule has 0 aliphatic rings. The lowest BCUT2D eigenvalue weighted by Gasteiger charge is -2.28. The summed E-state index contributed by atoms with van der Waals surface area (Å²) in [5.74, 6) is 0.697. The third-order valence-electron chi connectivity index (χ3n) is 17.5. The Kier molecular flexibility index (Phi) is 13.5. The van der Waals surface area contributed by atoms with Crippen molar-refractivity contribution in [1.29, 1.82) is 10.5 Å². The lowest BCUT2D eigenvalue weighted by Crippen LogP contribution is -2.06. The zero-order valence-corrected chi connectivity index (χ0v) is 49.5. The van der Waals surface area contributed by atoms with Gasteiger partial charge in [-0.1, -0.05) is 279 Å². The van der Waals surface area contributed by atoms with E-state index in [2.05, 4.69) is 308 Å². The second-order valence-electron chi connectivity index (χ2n) is 22.6. The Labute approximate surface area is 526 Å². The molecule has 16 aromatic rings. The van der Waals surface area contributed by atoms with E-state index in [1.807, 2.05) is 35.6 Å². The van der Waals surface area contributed by atoms with Crippen molar-refractivity contribution in [2.24, 2.45) is 0 Å². The van der Waals surface area contributed by atoms with Crippen molar-refractivity contribution in [1.82, 2.24) is 9.55 Å². The maximum absolute atomic E-state index is 12.1. The Balaban J connectivity index is 1.19. The van der Waals surface area contributed by atoms with E-state index in [4.69, 9.17) is 4.98 Å². The van der Waals surface area contributed by atoms with Crippen LogP contribution in [0, 0.1) is 22.7 Å². The van der Waals surface area contributed by atoms with Crippen LogP contribution in [0.5, 0.6) is 0 Å². The van der Waals surface area contributed by atoms with E-state index < -0.39 is 0 Å².